The van der Waals surface area contributed by atoms with Crippen LogP contribution in [0.5, 0.6) is 0 Å². The summed E-state index contributed by atoms with van der Waals surface area (Å²) in [5, 5.41) is 7.18. The van der Waals surface area contributed by atoms with E-state index in [1.54, 1.807) is 41.1 Å². The number of benzene rings is 2. The van der Waals surface area contributed by atoms with Crippen LogP contribution >= 0.6 is 11.8 Å². The van der Waals surface area contributed by atoms with E-state index in [4.69, 9.17) is 8.94 Å². The van der Waals surface area contributed by atoms with E-state index in [9.17, 15) is 9.18 Å². The van der Waals surface area contributed by atoms with Gasteiger partial charge < -0.3 is 14.3 Å². The standard InChI is InChI=1S/C25H21FN4O3S/c1-15-21(24-28-23(29-33-24)17-5-9-18(26)10-6-17)22(16-7-11-20(34-2)12-8-16)27-25(31)30(15)14-19-4-3-13-32-19/h3-13,22H,14H2,1-2H3,(H,27,31). The van der Waals surface area contributed by atoms with Crippen molar-refractivity contribution in [2.45, 2.75) is 24.4 Å². The van der Waals surface area contributed by atoms with Crippen molar-refractivity contribution in [3.05, 3.63) is 95.7 Å². The predicted octanol–water partition coefficient (Wildman–Crippen LogP) is 5.89. The lowest BCUT2D eigenvalue weighted by atomic mass is 9.94. The number of hydrogen-bond acceptors (Lipinski definition) is 6. The molecule has 2 aromatic carbocycles. The van der Waals surface area contributed by atoms with Crippen molar-refractivity contribution in [2.75, 3.05) is 6.26 Å². The van der Waals surface area contributed by atoms with Crippen LogP contribution in [0.1, 0.15) is 30.2 Å². The number of urea groups is 1. The Morgan fingerprint density at radius 3 is 2.56 bits per heavy atom. The summed E-state index contributed by atoms with van der Waals surface area (Å²) in [6, 6.07) is 16.7. The molecular weight excluding hydrogens is 455 g/mol. The Morgan fingerprint density at radius 1 is 1.12 bits per heavy atom. The molecule has 3 heterocycles. The van der Waals surface area contributed by atoms with Gasteiger partial charge in [0.2, 0.25) is 5.82 Å². The lowest BCUT2D eigenvalue weighted by Crippen LogP contribution is -2.45. The molecule has 1 aliphatic rings. The number of furan rings is 1. The molecule has 4 aromatic rings. The number of carbonyl (C=O) groups excluding carboxylic acids is 1. The first kappa shape index (κ1) is 22.0. The summed E-state index contributed by atoms with van der Waals surface area (Å²) < 4.78 is 24.5. The van der Waals surface area contributed by atoms with E-state index in [0.29, 0.717) is 28.4 Å². The summed E-state index contributed by atoms with van der Waals surface area (Å²) >= 11 is 1.64. The first-order valence-electron chi connectivity index (χ1n) is 10.6. The average molecular weight is 477 g/mol. The van der Waals surface area contributed by atoms with Crippen molar-refractivity contribution >= 4 is 23.4 Å². The molecule has 2 amide bonds. The maximum absolute atomic E-state index is 13.4. The van der Waals surface area contributed by atoms with Gasteiger partial charge in [0, 0.05) is 16.2 Å². The summed E-state index contributed by atoms with van der Waals surface area (Å²) in [6.07, 6.45) is 3.58. The number of halogens is 1. The number of thioether (sulfide) groups is 1. The minimum atomic E-state index is -0.488. The maximum atomic E-state index is 13.4. The molecule has 172 valence electrons. The first-order valence-corrected chi connectivity index (χ1v) is 11.8. The van der Waals surface area contributed by atoms with Crippen LogP contribution in [-0.2, 0) is 6.54 Å². The minimum absolute atomic E-state index is 0.255. The number of aromatic nitrogens is 2. The van der Waals surface area contributed by atoms with Crippen molar-refractivity contribution < 1.29 is 18.1 Å². The number of carbonyl (C=O) groups is 1. The highest BCUT2D eigenvalue weighted by Gasteiger charge is 2.36. The Balaban J connectivity index is 1.58. The van der Waals surface area contributed by atoms with Crippen molar-refractivity contribution in [3.63, 3.8) is 0 Å². The summed E-state index contributed by atoms with van der Waals surface area (Å²) in [5.74, 6) is 0.916. The molecule has 1 atom stereocenters. The van der Waals surface area contributed by atoms with Gasteiger partial charge in [-0.25, -0.2) is 9.18 Å². The highest BCUT2D eigenvalue weighted by molar-refractivity contribution is 7.98. The Morgan fingerprint density at radius 2 is 1.88 bits per heavy atom. The molecule has 7 nitrogen and oxygen atoms in total. The van der Waals surface area contributed by atoms with Crippen LogP contribution < -0.4 is 5.32 Å². The van der Waals surface area contributed by atoms with Gasteiger partial charge in [-0.05, 0) is 67.3 Å². The van der Waals surface area contributed by atoms with Crippen molar-refractivity contribution in [1.82, 2.24) is 20.4 Å². The Labute approximate surface area is 199 Å². The number of rotatable bonds is 6. The van der Waals surface area contributed by atoms with Crippen LogP contribution in [0.2, 0.25) is 0 Å². The maximum Gasteiger partial charge on any atom is 0.322 e. The third-order valence-electron chi connectivity index (χ3n) is 5.70. The topological polar surface area (TPSA) is 84.4 Å². The molecule has 5 rings (SSSR count). The Hall–Kier alpha value is -3.85. The van der Waals surface area contributed by atoms with Crippen LogP contribution in [0.4, 0.5) is 9.18 Å². The third-order valence-corrected chi connectivity index (χ3v) is 6.44. The number of hydrogen-bond donors (Lipinski definition) is 1. The molecule has 2 aromatic heterocycles. The third kappa shape index (κ3) is 4.22. The lowest BCUT2D eigenvalue weighted by molar-refractivity contribution is 0.199. The molecule has 9 heteroatoms. The lowest BCUT2D eigenvalue weighted by Gasteiger charge is -2.34. The summed E-state index contributed by atoms with van der Waals surface area (Å²) in [5.41, 5.74) is 2.87. The molecular formula is C25H21FN4O3S. The summed E-state index contributed by atoms with van der Waals surface area (Å²) in [6.45, 7) is 2.10. The van der Waals surface area contributed by atoms with Gasteiger partial charge in [0.05, 0.1) is 24.4 Å². The smallest absolute Gasteiger partial charge is 0.322 e. The largest absolute Gasteiger partial charge is 0.467 e. The van der Waals surface area contributed by atoms with Gasteiger partial charge in [0.25, 0.3) is 5.89 Å². The van der Waals surface area contributed by atoms with E-state index in [0.717, 1.165) is 10.5 Å². The first-order chi connectivity index (χ1) is 16.5. The molecule has 1 unspecified atom stereocenters. The molecule has 34 heavy (non-hydrogen) atoms. The monoisotopic (exact) mass is 476 g/mol. The average Bonchev–Trinajstić information content (AvgIpc) is 3.54. The summed E-state index contributed by atoms with van der Waals surface area (Å²) in [4.78, 5) is 20.4. The van der Waals surface area contributed by atoms with E-state index in [1.807, 2.05) is 43.5 Å². The van der Waals surface area contributed by atoms with Gasteiger partial charge in [-0.1, -0.05) is 17.3 Å². The van der Waals surface area contributed by atoms with E-state index >= 15 is 0 Å². The van der Waals surface area contributed by atoms with Crippen LogP contribution in [0.15, 0.2) is 86.5 Å². The quantitative estimate of drug-likeness (QED) is 0.350. The second-order valence-corrected chi connectivity index (χ2v) is 8.63. The molecule has 0 aliphatic carbocycles. The Kier molecular flexibility index (Phi) is 5.93. The molecule has 0 saturated carbocycles. The highest BCUT2D eigenvalue weighted by atomic mass is 32.2. The van der Waals surface area contributed by atoms with Gasteiger partial charge in [0.1, 0.15) is 11.6 Å². The molecule has 0 bridgehead atoms. The van der Waals surface area contributed by atoms with Crippen molar-refractivity contribution in [2.24, 2.45) is 0 Å². The fourth-order valence-corrected chi connectivity index (χ4v) is 4.31. The molecule has 1 aliphatic heterocycles. The number of allylic oxidation sites excluding steroid dienone is 1. The fraction of sp³-hybridized carbons (Fsp3) is 0.160. The zero-order valence-electron chi connectivity index (χ0n) is 18.5. The zero-order valence-corrected chi connectivity index (χ0v) is 19.3. The molecule has 0 fully saturated rings. The van der Waals surface area contributed by atoms with Gasteiger partial charge in [0.15, 0.2) is 0 Å². The van der Waals surface area contributed by atoms with Crippen molar-refractivity contribution in [1.29, 1.82) is 0 Å². The van der Waals surface area contributed by atoms with E-state index in [-0.39, 0.29) is 24.3 Å². The minimum Gasteiger partial charge on any atom is -0.467 e. The second-order valence-electron chi connectivity index (χ2n) is 7.75. The van der Waals surface area contributed by atoms with Gasteiger partial charge in [-0.2, -0.15) is 4.98 Å². The fourth-order valence-electron chi connectivity index (χ4n) is 3.90. The van der Waals surface area contributed by atoms with E-state index in [2.05, 4.69) is 15.5 Å². The number of nitrogens with zero attached hydrogens (tertiary/aromatic N) is 3. The normalized spacial score (nSPS) is 16.1. The van der Waals surface area contributed by atoms with Crippen LogP contribution in [0, 0.1) is 5.82 Å². The molecule has 1 N–H and O–H groups in total. The van der Waals surface area contributed by atoms with Crippen LogP contribution in [0.25, 0.3) is 17.0 Å². The molecule has 0 radical (unpaired) electrons. The summed E-state index contributed by atoms with van der Waals surface area (Å²) in [7, 11) is 0. The highest BCUT2D eigenvalue weighted by Crippen LogP contribution is 2.38. The Bertz CT molecular complexity index is 1330. The van der Waals surface area contributed by atoms with Gasteiger partial charge in [-0.15, -0.1) is 11.8 Å². The second kappa shape index (κ2) is 9.18. The van der Waals surface area contributed by atoms with Crippen LogP contribution in [-0.4, -0.2) is 27.3 Å². The molecule has 0 spiro atoms. The number of nitrogens with one attached hydrogen (secondary N) is 1. The SMILES string of the molecule is CSc1ccc(C2NC(=O)N(Cc3ccco3)C(C)=C2c2nc(-c3ccc(F)cc3)no2)cc1. The number of amides is 2. The van der Waals surface area contributed by atoms with Gasteiger partial charge >= 0.3 is 6.03 Å². The molecule has 0 saturated heterocycles. The predicted molar refractivity (Wildman–Crippen MR) is 126 cm³/mol. The van der Waals surface area contributed by atoms with Crippen LogP contribution in [0.3, 0.4) is 0 Å². The van der Waals surface area contributed by atoms with Gasteiger partial charge in [-0.3, -0.25) is 4.90 Å². The van der Waals surface area contributed by atoms with E-state index in [1.165, 1.54) is 12.1 Å². The van der Waals surface area contributed by atoms with E-state index < -0.39 is 6.04 Å². The zero-order chi connectivity index (χ0) is 23.7. The van der Waals surface area contributed by atoms with Crippen molar-refractivity contribution in [3.8, 4) is 11.4 Å².